The number of aliphatic hydroxyl groups is 2. The SMILES string of the molecule is CN(C)c1cccc(C[C@H](O)[C@@H]2OC(C)(C)O[C@H]2[C@@H](O)Cc2cccc(N(C)C)c2)c1. The first kappa shape index (κ1) is 23.5. The van der Waals surface area contributed by atoms with E-state index in [0.29, 0.717) is 12.8 Å². The summed E-state index contributed by atoms with van der Waals surface area (Å²) >= 11 is 0. The van der Waals surface area contributed by atoms with Crippen molar-refractivity contribution in [3.63, 3.8) is 0 Å². The summed E-state index contributed by atoms with van der Waals surface area (Å²) in [7, 11) is 7.96. The van der Waals surface area contributed by atoms with Gasteiger partial charge in [-0.1, -0.05) is 24.3 Å². The highest BCUT2D eigenvalue weighted by Gasteiger charge is 2.47. The van der Waals surface area contributed by atoms with Gasteiger partial charge in [0.15, 0.2) is 5.79 Å². The Hall–Kier alpha value is -2.12. The second-order valence-corrected chi connectivity index (χ2v) is 9.24. The van der Waals surface area contributed by atoms with Crippen molar-refractivity contribution >= 4 is 11.4 Å². The molecule has 0 amide bonds. The van der Waals surface area contributed by atoms with Gasteiger partial charge >= 0.3 is 0 Å². The van der Waals surface area contributed by atoms with Crippen molar-refractivity contribution in [1.82, 2.24) is 0 Å². The van der Waals surface area contributed by atoms with E-state index in [1.807, 2.05) is 88.2 Å². The van der Waals surface area contributed by atoms with Crippen LogP contribution in [0.5, 0.6) is 0 Å². The van der Waals surface area contributed by atoms with Crippen LogP contribution in [0.1, 0.15) is 25.0 Å². The van der Waals surface area contributed by atoms with Crippen LogP contribution in [0.15, 0.2) is 48.5 Å². The van der Waals surface area contributed by atoms with E-state index in [1.165, 1.54) is 0 Å². The van der Waals surface area contributed by atoms with Gasteiger partial charge in [-0.3, -0.25) is 0 Å². The predicted molar refractivity (Wildman–Crippen MR) is 125 cm³/mol. The largest absolute Gasteiger partial charge is 0.390 e. The molecule has 1 aliphatic rings. The van der Waals surface area contributed by atoms with Crippen molar-refractivity contribution < 1.29 is 19.7 Å². The molecule has 31 heavy (non-hydrogen) atoms. The third-order valence-electron chi connectivity index (χ3n) is 5.67. The lowest BCUT2D eigenvalue weighted by Gasteiger charge is -2.26. The standard InChI is InChI=1S/C25H36N2O4/c1-25(2)30-23(21(28)15-17-9-7-11-19(13-17)26(3)4)24(31-25)22(29)16-18-10-8-12-20(14-18)27(5)6/h7-14,21-24,28-29H,15-16H2,1-6H3/t21-,22-,23-,24-/m0/s1. The Morgan fingerprint density at radius 1 is 0.774 bits per heavy atom. The maximum atomic E-state index is 11.0. The zero-order valence-electron chi connectivity index (χ0n) is 19.4. The van der Waals surface area contributed by atoms with Gasteiger partial charge in [-0.25, -0.2) is 0 Å². The van der Waals surface area contributed by atoms with Crippen molar-refractivity contribution in [1.29, 1.82) is 0 Å². The van der Waals surface area contributed by atoms with Crippen LogP contribution in [0.2, 0.25) is 0 Å². The Morgan fingerprint density at radius 2 is 1.16 bits per heavy atom. The summed E-state index contributed by atoms with van der Waals surface area (Å²) in [6, 6.07) is 16.1. The lowest BCUT2D eigenvalue weighted by Crippen LogP contribution is -2.44. The van der Waals surface area contributed by atoms with Gasteiger partial charge in [0.25, 0.3) is 0 Å². The number of ether oxygens (including phenoxy) is 2. The van der Waals surface area contributed by atoms with Gasteiger partial charge in [0, 0.05) is 52.4 Å². The molecule has 2 N–H and O–H groups in total. The fourth-order valence-electron chi connectivity index (χ4n) is 4.05. The fraction of sp³-hybridized carbons (Fsp3) is 0.520. The number of benzene rings is 2. The summed E-state index contributed by atoms with van der Waals surface area (Å²) in [6.07, 6.45) is -2.00. The molecular formula is C25H36N2O4. The van der Waals surface area contributed by atoms with Crippen molar-refractivity contribution in [3.8, 4) is 0 Å². The molecule has 1 saturated heterocycles. The topological polar surface area (TPSA) is 65.4 Å². The number of anilines is 2. The van der Waals surface area contributed by atoms with E-state index in [-0.39, 0.29) is 0 Å². The van der Waals surface area contributed by atoms with Crippen LogP contribution in [-0.4, -0.2) is 68.6 Å². The average molecular weight is 429 g/mol. The number of hydrogen-bond donors (Lipinski definition) is 2. The van der Waals surface area contributed by atoms with E-state index in [2.05, 4.69) is 12.1 Å². The van der Waals surface area contributed by atoms with Crippen LogP contribution in [0.4, 0.5) is 11.4 Å². The molecule has 3 rings (SSSR count). The average Bonchev–Trinajstić information content (AvgIpc) is 3.04. The number of aliphatic hydroxyl groups excluding tert-OH is 2. The Balaban J connectivity index is 1.74. The summed E-state index contributed by atoms with van der Waals surface area (Å²) in [5, 5.41) is 22.1. The van der Waals surface area contributed by atoms with Crippen LogP contribution >= 0.6 is 0 Å². The molecule has 4 atom stereocenters. The molecule has 0 radical (unpaired) electrons. The summed E-state index contributed by atoms with van der Waals surface area (Å²) in [5.74, 6) is -0.867. The van der Waals surface area contributed by atoms with Crippen LogP contribution in [0.3, 0.4) is 0 Å². The first-order valence-corrected chi connectivity index (χ1v) is 10.8. The van der Waals surface area contributed by atoms with Crippen molar-refractivity contribution in [2.24, 2.45) is 0 Å². The molecule has 0 unspecified atom stereocenters. The molecule has 1 fully saturated rings. The maximum absolute atomic E-state index is 11.0. The molecule has 0 spiro atoms. The molecule has 0 aliphatic carbocycles. The van der Waals surface area contributed by atoms with E-state index < -0.39 is 30.2 Å². The van der Waals surface area contributed by atoms with Crippen molar-refractivity contribution in [2.45, 2.75) is 56.9 Å². The highest BCUT2D eigenvalue weighted by atomic mass is 16.8. The minimum Gasteiger partial charge on any atom is -0.390 e. The highest BCUT2D eigenvalue weighted by Crippen LogP contribution is 2.34. The molecular weight excluding hydrogens is 392 g/mol. The third-order valence-corrected chi connectivity index (χ3v) is 5.67. The summed E-state index contributed by atoms with van der Waals surface area (Å²) in [4.78, 5) is 4.06. The molecule has 1 heterocycles. The van der Waals surface area contributed by atoms with Crippen LogP contribution in [0, 0.1) is 0 Å². The molecule has 0 saturated carbocycles. The molecule has 0 bridgehead atoms. The normalized spacial score (nSPS) is 22.2. The monoisotopic (exact) mass is 428 g/mol. The molecule has 2 aromatic carbocycles. The van der Waals surface area contributed by atoms with Crippen LogP contribution < -0.4 is 9.80 Å². The lowest BCUT2D eigenvalue weighted by molar-refractivity contribution is -0.160. The predicted octanol–water partition coefficient (Wildman–Crippen LogP) is 2.85. The number of rotatable bonds is 8. The minimum atomic E-state index is -0.867. The van der Waals surface area contributed by atoms with Gasteiger partial charge < -0.3 is 29.5 Å². The van der Waals surface area contributed by atoms with Gasteiger partial charge in [-0.2, -0.15) is 0 Å². The Morgan fingerprint density at radius 3 is 1.52 bits per heavy atom. The van der Waals surface area contributed by atoms with E-state index in [9.17, 15) is 10.2 Å². The third kappa shape index (κ3) is 5.98. The molecule has 0 aromatic heterocycles. The summed E-state index contributed by atoms with van der Waals surface area (Å²) in [5.41, 5.74) is 4.18. The molecule has 170 valence electrons. The number of hydrogen-bond acceptors (Lipinski definition) is 6. The van der Waals surface area contributed by atoms with Gasteiger partial charge in [0.2, 0.25) is 0 Å². The van der Waals surface area contributed by atoms with Gasteiger partial charge in [0.05, 0.1) is 12.2 Å². The van der Waals surface area contributed by atoms with Gasteiger partial charge in [-0.15, -0.1) is 0 Å². The Bertz CT molecular complexity index is 799. The van der Waals surface area contributed by atoms with Crippen molar-refractivity contribution in [2.75, 3.05) is 38.0 Å². The maximum Gasteiger partial charge on any atom is 0.164 e. The van der Waals surface area contributed by atoms with E-state index in [4.69, 9.17) is 9.47 Å². The number of nitrogens with zero attached hydrogens (tertiary/aromatic N) is 2. The Labute approximate surface area is 186 Å². The zero-order chi connectivity index (χ0) is 22.8. The quantitative estimate of drug-likeness (QED) is 0.674. The van der Waals surface area contributed by atoms with Crippen LogP contribution in [0.25, 0.3) is 0 Å². The second-order valence-electron chi connectivity index (χ2n) is 9.24. The first-order chi connectivity index (χ1) is 14.6. The smallest absolute Gasteiger partial charge is 0.164 e. The van der Waals surface area contributed by atoms with Crippen molar-refractivity contribution in [3.05, 3.63) is 59.7 Å². The zero-order valence-corrected chi connectivity index (χ0v) is 19.4. The second kappa shape index (κ2) is 9.57. The van der Waals surface area contributed by atoms with E-state index in [0.717, 1.165) is 22.5 Å². The minimum absolute atomic E-state index is 0.422. The van der Waals surface area contributed by atoms with Crippen LogP contribution in [-0.2, 0) is 22.3 Å². The Kier molecular flexibility index (Phi) is 7.27. The lowest BCUT2D eigenvalue weighted by atomic mass is 9.94. The van der Waals surface area contributed by atoms with Gasteiger partial charge in [0.1, 0.15) is 12.2 Å². The molecule has 6 nitrogen and oxygen atoms in total. The molecule has 1 aliphatic heterocycles. The molecule has 2 aromatic rings. The molecule has 6 heteroatoms. The highest BCUT2D eigenvalue weighted by molar-refractivity contribution is 5.48. The summed E-state index contributed by atoms with van der Waals surface area (Å²) in [6.45, 7) is 3.64. The van der Waals surface area contributed by atoms with Gasteiger partial charge in [-0.05, 0) is 49.2 Å². The first-order valence-electron chi connectivity index (χ1n) is 10.8. The summed E-state index contributed by atoms with van der Waals surface area (Å²) < 4.78 is 12.1. The fourth-order valence-corrected chi connectivity index (χ4v) is 4.05. The van der Waals surface area contributed by atoms with E-state index in [1.54, 1.807) is 0 Å². The van der Waals surface area contributed by atoms with E-state index >= 15 is 0 Å².